The van der Waals surface area contributed by atoms with Crippen molar-refractivity contribution in [2.75, 3.05) is 13.2 Å². The number of aromatic nitrogens is 2. The summed E-state index contributed by atoms with van der Waals surface area (Å²) in [6.07, 6.45) is 1.69. The van der Waals surface area contributed by atoms with Crippen LogP contribution in [-0.4, -0.2) is 23.2 Å². The van der Waals surface area contributed by atoms with Crippen LogP contribution in [0.2, 0.25) is 0 Å². The molecule has 0 saturated carbocycles. The van der Waals surface area contributed by atoms with E-state index in [-0.39, 0.29) is 5.82 Å². The first-order valence-electron chi connectivity index (χ1n) is 8.31. The quantitative estimate of drug-likeness (QED) is 0.661. The van der Waals surface area contributed by atoms with Gasteiger partial charge in [-0.1, -0.05) is 0 Å². The number of nitrogens with one attached hydrogen (secondary N) is 1. The molecule has 0 aliphatic rings. The van der Waals surface area contributed by atoms with E-state index < -0.39 is 0 Å². The van der Waals surface area contributed by atoms with Gasteiger partial charge >= 0.3 is 0 Å². The predicted octanol–water partition coefficient (Wildman–Crippen LogP) is 4.56. The number of H-pyrrole nitrogens is 1. The number of imidazole rings is 1. The van der Waals surface area contributed by atoms with E-state index >= 15 is 0 Å². The lowest BCUT2D eigenvalue weighted by atomic mass is 10.1. The second kappa shape index (κ2) is 7.70. The highest BCUT2D eigenvalue weighted by Gasteiger charge is 2.11. The van der Waals surface area contributed by atoms with E-state index in [1.165, 1.54) is 12.1 Å². The minimum Gasteiger partial charge on any atom is -0.494 e. The molecule has 0 unspecified atom stereocenters. The molecule has 0 fully saturated rings. The number of ether oxygens (including phenoxy) is 2. The molecule has 1 N–H and O–H groups in total. The number of nitrogens with zero attached hydrogens (tertiary/aromatic N) is 2. The molecular weight excluding hydrogens is 333 g/mol. The summed E-state index contributed by atoms with van der Waals surface area (Å²) in [6, 6.07) is 11.8. The van der Waals surface area contributed by atoms with Crippen LogP contribution in [0, 0.1) is 17.1 Å². The number of hydrogen-bond donors (Lipinski definition) is 1. The Labute approximate surface area is 150 Å². The summed E-state index contributed by atoms with van der Waals surface area (Å²) in [5, 5.41) is 9.56. The van der Waals surface area contributed by atoms with E-state index in [4.69, 9.17) is 9.47 Å². The molecule has 1 aromatic heterocycles. The largest absolute Gasteiger partial charge is 0.494 e. The van der Waals surface area contributed by atoms with Gasteiger partial charge in [0.15, 0.2) is 0 Å². The van der Waals surface area contributed by atoms with E-state index in [9.17, 15) is 9.65 Å². The number of nitriles is 1. The molecule has 26 heavy (non-hydrogen) atoms. The third kappa shape index (κ3) is 3.67. The second-order valence-corrected chi connectivity index (χ2v) is 5.48. The predicted molar refractivity (Wildman–Crippen MR) is 98.3 cm³/mol. The summed E-state index contributed by atoms with van der Waals surface area (Å²) < 4.78 is 24.5. The topological polar surface area (TPSA) is 70.9 Å². The Bertz CT molecular complexity index is 1000. The summed E-state index contributed by atoms with van der Waals surface area (Å²) in [4.78, 5) is 7.35. The fourth-order valence-corrected chi connectivity index (χ4v) is 2.59. The smallest absolute Gasteiger partial charge is 0.149 e. The maximum Gasteiger partial charge on any atom is 0.149 e. The fourth-order valence-electron chi connectivity index (χ4n) is 2.59. The van der Waals surface area contributed by atoms with Gasteiger partial charge in [-0.25, -0.2) is 9.37 Å². The zero-order valence-corrected chi connectivity index (χ0v) is 14.5. The van der Waals surface area contributed by atoms with Crippen LogP contribution < -0.4 is 9.47 Å². The van der Waals surface area contributed by atoms with E-state index in [0.29, 0.717) is 47.1 Å². The van der Waals surface area contributed by atoms with Gasteiger partial charge in [0.05, 0.1) is 29.8 Å². The third-order valence-electron chi connectivity index (χ3n) is 3.72. The Balaban J connectivity index is 2.03. The molecule has 3 aromatic rings. The van der Waals surface area contributed by atoms with E-state index in [0.717, 1.165) is 5.56 Å². The van der Waals surface area contributed by atoms with Gasteiger partial charge in [0.2, 0.25) is 0 Å². The summed E-state index contributed by atoms with van der Waals surface area (Å²) >= 11 is 0. The first-order valence-corrected chi connectivity index (χ1v) is 8.31. The van der Waals surface area contributed by atoms with Gasteiger partial charge in [-0.05, 0) is 50.3 Å². The van der Waals surface area contributed by atoms with Crippen molar-refractivity contribution < 1.29 is 13.9 Å². The Morgan fingerprint density at radius 3 is 2.73 bits per heavy atom. The zero-order valence-electron chi connectivity index (χ0n) is 14.5. The third-order valence-corrected chi connectivity index (χ3v) is 3.72. The van der Waals surface area contributed by atoms with Crippen LogP contribution in [0.15, 0.2) is 36.4 Å². The Hall–Kier alpha value is -3.33. The van der Waals surface area contributed by atoms with Crippen molar-refractivity contribution in [1.82, 2.24) is 9.97 Å². The lowest BCUT2D eigenvalue weighted by Crippen LogP contribution is -1.97. The highest BCUT2D eigenvalue weighted by atomic mass is 19.1. The summed E-state index contributed by atoms with van der Waals surface area (Å²) in [5.41, 5.74) is 2.20. The van der Waals surface area contributed by atoms with Gasteiger partial charge in [-0.3, -0.25) is 0 Å². The Kier molecular flexibility index (Phi) is 5.18. The average molecular weight is 351 g/mol. The van der Waals surface area contributed by atoms with E-state index in [2.05, 4.69) is 16.0 Å². The van der Waals surface area contributed by atoms with Gasteiger partial charge in [-0.15, -0.1) is 0 Å². The minimum absolute atomic E-state index is 0.326. The lowest BCUT2D eigenvalue weighted by Gasteiger charge is -2.10. The van der Waals surface area contributed by atoms with Crippen LogP contribution in [-0.2, 0) is 0 Å². The average Bonchev–Trinajstić information content (AvgIpc) is 3.04. The van der Waals surface area contributed by atoms with Crippen molar-refractivity contribution in [3.63, 3.8) is 0 Å². The van der Waals surface area contributed by atoms with Crippen molar-refractivity contribution in [2.24, 2.45) is 0 Å². The highest BCUT2D eigenvalue weighted by molar-refractivity contribution is 5.91. The first-order chi connectivity index (χ1) is 12.6. The molecule has 1 heterocycles. The minimum atomic E-state index is -0.361. The molecule has 0 saturated heterocycles. The maximum atomic E-state index is 13.4. The van der Waals surface area contributed by atoms with Crippen LogP contribution in [0.1, 0.15) is 25.2 Å². The van der Waals surface area contributed by atoms with Crippen molar-refractivity contribution in [3.05, 3.63) is 53.6 Å². The molecule has 0 aliphatic heterocycles. The number of halogens is 1. The van der Waals surface area contributed by atoms with Gasteiger partial charge in [0.25, 0.3) is 0 Å². The Morgan fingerprint density at radius 2 is 2.00 bits per heavy atom. The van der Waals surface area contributed by atoms with Crippen molar-refractivity contribution in [2.45, 2.75) is 13.8 Å². The van der Waals surface area contributed by atoms with Crippen molar-refractivity contribution in [3.8, 4) is 17.6 Å². The van der Waals surface area contributed by atoms with Crippen LogP contribution >= 0.6 is 0 Å². The van der Waals surface area contributed by atoms with Gasteiger partial charge in [0, 0.05) is 11.6 Å². The summed E-state index contributed by atoms with van der Waals surface area (Å²) in [7, 11) is 0. The van der Waals surface area contributed by atoms with Crippen LogP contribution in [0.3, 0.4) is 0 Å². The van der Waals surface area contributed by atoms with E-state index in [1.807, 2.05) is 26.0 Å². The standard InChI is InChI=1S/C20H18FN3O2/c1-3-25-16-7-5-13(19(11-16)26-4-2)9-14(12-22)20-23-17-8-6-15(21)10-18(17)24-20/h5-11H,3-4H2,1-2H3,(H,23,24)/b14-9-. The monoisotopic (exact) mass is 351 g/mol. The number of fused-ring (bicyclic) bond motifs is 1. The summed E-state index contributed by atoms with van der Waals surface area (Å²) in [6.45, 7) is 4.84. The Morgan fingerprint density at radius 1 is 1.19 bits per heavy atom. The highest BCUT2D eigenvalue weighted by Crippen LogP contribution is 2.29. The SMILES string of the molecule is CCOc1ccc(/C=C(/C#N)c2nc3ccc(F)cc3[nH]2)c(OCC)c1. The van der Waals surface area contributed by atoms with Crippen molar-refractivity contribution >= 4 is 22.7 Å². The molecule has 0 radical (unpaired) electrons. The summed E-state index contributed by atoms with van der Waals surface area (Å²) in [5.74, 6) is 1.34. The van der Waals surface area contributed by atoms with Crippen LogP contribution in [0.25, 0.3) is 22.7 Å². The van der Waals surface area contributed by atoms with Gasteiger partial charge < -0.3 is 14.5 Å². The molecule has 6 heteroatoms. The number of aromatic amines is 1. The molecule has 0 aliphatic carbocycles. The number of hydrogen-bond acceptors (Lipinski definition) is 4. The fraction of sp³-hybridized carbons (Fsp3) is 0.200. The molecule has 3 rings (SSSR count). The molecule has 0 bridgehead atoms. The number of rotatable bonds is 6. The zero-order chi connectivity index (χ0) is 18.5. The van der Waals surface area contributed by atoms with Crippen LogP contribution in [0.4, 0.5) is 4.39 Å². The maximum absolute atomic E-state index is 13.4. The normalized spacial score (nSPS) is 11.4. The van der Waals surface area contributed by atoms with Gasteiger partial charge in [-0.2, -0.15) is 5.26 Å². The lowest BCUT2D eigenvalue weighted by molar-refractivity contribution is 0.322. The molecule has 0 atom stereocenters. The number of allylic oxidation sites excluding steroid dienone is 1. The molecule has 0 spiro atoms. The second-order valence-electron chi connectivity index (χ2n) is 5.48. The van der Waals surface area contributed by atoms with E-state index in [1.54, 1.807) is 18.2 Å². The number of benzene rings is 2. The molecular formula is C20H18FN3O2. The molecule has 5 nitrogen and oxygen atoms in total. The van der Waals surface area contributed by atoms with Crippen molar-refractivity contribution in [1.29, 1.82) is 5.26 Å². The molecule has 2 aromatic carbocycles. The molecule has 0 amide bonds. The van der Waals surface area contributed by atoms with Crippen LogP contribution in [0.5, 0.6) is 11.5 Å². The molecule has 132 valence electrons. The first kappa shape index (κ1) is 17.5. The van der Waals surface area contributed by atoms with Gasteiger partial charge in [0.1, 0.15) is 29.2 Å².